The minimum atomic E-state index is -0.325. The third kappa shape index (κ3) is 5.39. The number of aliphatic imine (C=N–C) groups is 1. The van der Waals surface area contributed by atoms with Gasteiger partial charge in [0.25, 0.3) is 11.9 Å². The van der Waals surface area contributed by atoms with Crippen LogP contribution in [0.25, 0.3) is 0 Å². The van der Waals surface area contributed by atoms with E-state index in [-0.39, 0.29) is 18.7 Å². The number of carbonyl (C=O) groups is 1. The second-order valence-electron chi connectivity index (χ2n) is 5.35. The predicted molar refractivity (Wildman–Crippen MR) is 88.7 cm³/mol. The molecular weight excluding hydrogens is 314 g/mol. The van der Waals surface area contributed by atoms with Crippen LogP contribution in [0.2, 0.25) is 0 Å². The van der Waals surface area contributed by atoms with E-state index in [1.165, 1.54) is 0 Å². The van der Waals surface area contributed by atoms with Crippen molar-refractivity contribution in [2.24, 2.45) is 4.99 Å². The zero-order valence-corrected chi connectivity index (χ0v) is 14.2. The average Bonchev–Trinajstić information content (AvgIpc) is 3.02. The minimum absolute atomic E-state index is 0.164. The number of hydrogen-bond donors (Lipinski definition) is 1. The molecule has 2 rings (SSSR count). The molecule has 0 atom stereocenters. The average molecular weight is 337 g/mol. The fourth-order valence-corrected chi connectivity index (χ4v) is 1.90. The number of methoxy groups -OCH3 is 1. The molecule has 0 aliphatic carbocycles. The molecule has 1 aromatic carbocycles. The van der Waals surface area contributed by atoms with E-state index < -0.39 is 0 Å². The first-order valence-electron chi connectivity index (χ1n) is 7.62. The highest BCUT2D eigenvalue weighted by atomic mass is 16.7. The van der Waals surface area contributed by atoms with E-state index in [9.17, 15) is 4.79 Å². The molecule has 1 N–H and O–H groups in total. The molecule has 0 spiro atoms. The molecular formula is C16H23N3O5. The van der Waals surface area contributed by atoms with E-state index in [1.807, 2.05) is 19.0 Å². The van der Waals surface area contributed by atoms with E-state index >= 15 is 0 Å². The second kappa shape index (κ2) is 9.09. The van der Waals surface area contributed by atoms with Crippen LogP contribution in [0.15, 0.2) is 23.2 Å². The van der Waals surface area contributed by atoms with Gasteiger partial charge in [-0.3, -0.25) is 10.1 Å². The summed E-state index contributed by atoms with van der Waals surface area (Å²) in [6.07, 6.45) is 0. The molecule has 0 unspecified atom stereocenters. The molecule has 1 aromatic rings. The highest BCUT2D eigenvalue weighted by Crippen LogP contribution is 2.32. The Morgan fingerprint density at radius 2 is 2.08 bits per heavy atom. The van der Waals surface area contributed by atoms with Crippen molar-refractivity contribution in [2.45, 2.75) is 0 Å². The van der Waals surface area contributed by atoms with Crippen molar-refractivity contribution in [1.82, 2.24) is 10.2 Å². The molecule has 1 heterocycles. The number of likely N-dealkylation sites (N-methyl/N-ethyl adjacent to an activating group) is 1. The maximum atomic E-state index is 12.4. The van der Waals surface area contributed by atoms with Gasteiger partial charge in [-0.1, -0.05) is 0 Å². The number of benzene rings is 1. The van der Waals surface area contributed by atoms with Crippen molar-refractivity contribution < 1.29 is 23.7 Å². The quantitative estimate of drug-likeness (QED) is 0.449. The van der Waals surface area contributed by atoms with Crippen LogP contribution >= 0.6 is 0 Å². The molecule has 1 aliphatic rings. The lowest BCUT2D eigenvalue weighted by atomic mass is 10.2. The SMILES string of the molecule is COCCOC(=NCCN(C)C)NC(=O)c1ccc2c(c1)OCO2. The van der Waals surface area contributed by atoms with Gasteiger partial charge in [-0.15, -0.1) is 0 Å². The number of carbonyl (C=O) groups excluding carboxylic acids is 1. The lowest BCUT2D eigenvalue weighted by Gasteiger charge is -2.12. The topological polar surface area (TPSA) is 81.6 Å². The first kappa shape index (κ1) is 18.0. The van der Waals surface area contributed by atoms with Crippen molar-refractivity contribution in [3.05, 3.63) is 23.8 Å². The fraction of sp³-hybridized carbons (Fsp3) is 0.500. The molecule has 0 saturated heterocycles. The summed E-state index contributed by atoms with van der Waals surface area (Å²) < 4.78 is 20.9. The van der Waals surface area contributed by atoms with E-state index in [0.29, 0.717) is 36.8 Å². The van der Waals surface area contributed by atoms with Crippen molar-refractivity contribution in [2.75, 3.05) is 54.3 Å². The number of nitrogens with one attached hydrogen (secondary N) is 1. The van der Waals surface area contributed by atoms with Gasteiger partial charge < -0.3 is 23.8 Å². The van der Waals surface area contributed by atoms with Gasteiger partial charge >= 0.3 is 0 Å². The minimum Gasteiger partial charge on any atom is -0.463 e. The molecule has 24 heavy (non-hydrogen) atoms. The van der Waals surface area contributed by atoms with Gasteiger partial charge in [0, 0.05) is 19.2 Å². The van der Waals surface area contributed by atoms with Crippen LogP contribution < -0.4 is 14.8 Å². The monoisotopic (exact) mass is 337 g/mol. The smallest absolute Gasteiger partial charge is 0.291 e. The van der Waals surface area contributed by atoms with E-state index in [4.69, 9.17) is 18.9 Å². The van der Waals surface area contributed by atoms with Gasteiger partial charge in [0.1, 0.15) is 6.61 Å². The molecule has 132 valence electrons. The van der Waals surface area contributed by atoms with Gasteiger partial charge in [0.2, 0.25) is 6.79 Å². The Morgan fingerprint density at radius 1 is 1.29 bits per heavy atom. The highest BCUT2D eigenvalue weighted by Gasteiger charge is 2.17. The van der Waals surface area contributed by atoms with Crippen LogP contribution in [0.3, 0.4) is 0 Å². The first-order chi connectivity index (χ1) is 11.6. The summed E-state index contributed by atoms with van der Waals surface area (Å²) >= 11 is 0. The van der Waals surface area contributed by atoms with Crippen molar-refractivity contribution in [1.29, 1.82) is 0 Å². The maximum Gasteiger partial charge on any atom is 0.291 e. The number of fused-ring (bicyclic) bond motifs is 1. The summed E-state index contributed by atoms with van der Waals surface area (Å²) in [7, 11) is 5.48. The zero-order chi connectivity index (χ0) is 17.4. The molecule has 0 aromatic heterocycles. The van der Waals surface area contributed by atoms with E-state index in [2.05, 4.69) is 10.3 Å². The van der Waals surface area contributed by atoms with E-state index in [0.717, 1.165) is 6.54 Å². The Balaban J connectivity index is 1.99. The van der Waals surface area contributed by atoms with Crippen LogP contribution in [-0.2, 0) is 9.47 Å². The Bertz CT molecular complexity index is 589. The summed E-state index contributed by atoms with van der Waals surface area (Å²) in [5.41, 5.74) is 0.440. The van der Waals surface area contributed by atoms with Crippen LogP contribution in [-0.4, -0.2) is 71.1 Å². The predicted octanol–water partition coefficient (Wildman–Crippen LogP) is 0.726. The van der Waals surface area contributed by atoms with Crippen molar-refractivity contribution >= 4 is 11.9 Å². The maximum absolute atomic E-state index is 12.4. The summed E-state index contributed by atoms with van der Waals surface area (Å²) in [5, 5.41) is 2.68. The third-order valence-electron chi connectivity index (χ3n) is 3.18. The van der Waals surface area contributed by atoms with Crippen LogP contribution in [0.5, 0.6) is 11.5 Å². The lowest BCUT2D eigenvalue weighted by Crippen LogP contribution is -2.34. The fourth-order valence-electron chi connectivity index (χ4n) is 1.90. The molecule has 1 aliphatic heterocycles. The number of hydrogen-bond acceptors (Lipinski definition) is 7. The Hall–Kier alpha value is -2.32. The van der Waals surface area contributed by atoms with Gasteiger partial charge in [0.05, 0.1) is 13.2 Å². The summed E-state index contributed by atoms with van der Waals surface area (Å²) in [5.74, 6) is 0.853. The first-order valence-corrected chi connectivity index (χ1v) is 7.62. The molecule has 1 amide bonds. The summed E-state index contributed by atoms with van der Waals surface area (Å²) in [6, 6.07) is 5.17. The lowest BCUT2D eigenvalue weighted by molar-refractivity contribution is 0.0953. The van der Waals surface area contributed by atoms with Gasteiger partial charge in [-0.05, 0) is 32.3 Å². The van der Waals surface area contributed by atoms with Crippen molar-refractivity contribution in [3.8, 4) is 11.5 Å². The van der Waals surface area contributed by atoms with E-state index in [1.54, 1.807) is 25.3 Å². The van der Waals surface area contributed by atoms with Crippen molar-refractivity contribution in [3.63, 3.8) is 0 Å². The molecule has 0 radical (unpaired) electrons. The molecule has 0 bridgehead atoms. The zero-order valence-electron chi connectivity index (χ0n) is 14.2. The number of nitrogens with zero attached hydrogens (tertiary/aromatic N) is 2. The standard InChI is InChI=1S/C16H23N3O5/c1-19(2)7-6-17-16(22-9-8-21-3)18-15(20)12-4-5-13-14(10-12)24-11-23-13/h4-5,10H,6-9,11H2,1-3H3,(H,17,18,20). The molecule has 0 saturated carbocycles. The van der Waals surface area contributed by atoms with Gasteiger partial charge in [-0.25, -0.2) is 4.99 Å². The molecule has 8 nitrogen and oxygen atoms in total. The van der Waals surface area contributed by atoms with Crippen LogP contribution in [0, 0.1) is 0 Å². The Kier molecular flexibility index (Phi) is 6.83. The number of ether oxygens (including phenoxy) is 4. The normalized spacial score (nSPS) is 13.2. The largest absolute Gasteiger partial charge is 0.463 e. The van der Waals surface area contributed by atoms with Crippen LogP contribution in [0.1, 0.15) is 10.4 Å². The molecule has 0 fully saturated rings. The third-order valence-corrected chi connectivity index (χ3v) is 3.18. The number of rotatable bonds is 7. The summed E-state index contributed by atoms with van der Waals surface area (Å²) in [4.78, 5) is 18.7. The Labute approximate surface area is 141 Å². The van der Waals surface area contributed by atoms with Gasteiger partial charge in [-0.2, -0.15) is 0 Å². The summed E-state index contributed by atoms with van der Waals surface area (Å²) in [6.45, 7) is 2.14. The highest BCUT2D eigenvalue weighted by molar-refractivity contribution is 6.04. The number of amides is 1. The molecule has 8 heteroatoms. The number of amidine groups is 1. The Morgan fingerprint density at radius 3 is 2.83 bits per heavy atom. The van der Waals surface area contributed by atoms with Gasteiger partial charge in [0.15, 0.2) is 11.5 Å². The van der Waals surface area contributed by atoms with Crippen LogP contribution in [0.4, 0.5) is 0 Å². The second-order valence-corrected chi connectivity index (χ2v) is 5.35.